The van der Waals surface area contributed by atoms with Crippen molar-refractivity contribution < 1.29 is 24.5 Å². The predicted octanol–water partition coefficient (Wildman–Crippen LogP) is 5.61. The van der Waals surface area contributed by atoms with Gasteiger partial charge in [0.25, 0.3) is 11.4 Å². The molecule has 2 aromatic rings. The molecule has 38 heavy (non-hydrogen) atoms. The monoisotopic (exact) mass is 540 g/mol. The summed E-state index contributed by atoms with van der Waals surface area (Å²) in [6, 6.07) is 13.5. The number of hydrogen-bond acceptors (Lipinski definition) is 7. The summed E-state index contributed by atoms with van der Waals surface area (Å²) >= 11 is 0. The van der Waals surface area contributed by atoms with Crippen LogP contribution < -0.4 is 5.19 Å². The second-order valence-corrected chi connectivity index (χ2v) is 16.4. The molecule has 4 rings (SSSR count). The Labute approximate surface area is 223 Å². The van der Waals surface area contributed by atoms with Crippen molar-refractivity contribution in [2.75, 3.05) is 0 Å². The standard InChI is InChI=1S/C28H36N2O7Si/c1-18-12-25(31)27(26(13-18)38(2,3)24-10-5-4-6-11-24)19-8-7-9-23(16-19)37-28(32)20-14-21(29(33)34)17-22(15-20)30(35)36/h4-6,10-11,14-15,17-19,23,25-27,31H,7-9,12-13,16H2,1-3H3/t18-,19-,23+,25?,26+,27-/m0/s1. The molecule has 0 saturated heterocycles. The first-order chi connectivity index (χ1) is 18.0. The van der Waals surface area contributed by atoms with E-state index in [0.717, 1.165) is 43.9 Å². The number of nitro groups is 2. The van der Waals surface area contributed by atoms with E-state index in [-0.39, 0.29) is 17.4 Å². The molecule has 0 spiro atoms. The average molecular weight is 541 g/mol. The van der Waals surface area contributed by atoms with Gasteiger partial charge in [-0.2, -0.15) is 0 Å². The van der Waals surface area contributed by atoms with E-state index < -0.39 is 47.5 Å². The van der Waals surface area contributed by atoms with Crippen molar-refractivity contribution in [2.45, 2.75) is 76.3 Å². The van der Waals surface area contributed by atoms with Crippen molar-refractivity contribution in [2.24, 2.45) is 17.8 Å². The third-order valence-electron chi connectivity index (χ3n) is 8.70. The lowest BCUT2D eigenvalue weighted by Crippen LogP contribution is -2.54. The van der Waals surface area contributed by atoms with E-state index in [2.05, 4.69) is 44.3 Å². The summed E-state index contributed by atoms with van der Waals surface area (Å²) in [6.45, 7) is 6.99. The van der Waals surface area contributed by atoms with E-state index in [0.29, 0.717) is 24.3 Å². The van der Waals surface area contributed by atoms with Crippen LogP contribution in [-0.4, -0.2) is 41.2 Å². The van der Waals surface area contributed by atoms with Crippen molar-refractivity contribution in [3.05, 3.63) is 74.3 Å². The van der Waals surface area contributed by atoms with Gasteiger partial charge in [0.1, 0.15) is 6.10 Å². The average Bonchev–Trinajstić information content (AvgIpc) is 2.88. The highest BCUT2D eigenvalue weighted by Gasteiger charge is 2.49. The molecule has 0 aromatic heterocycles. The summed E-state index contributed by atoms with van der Waals surface area (Å²) in [5.74, 6) is -0.0723. The molecule has 2 aromatic carbocycles. The van der Waals surface area contributed by atoms with Crippen molar-refractivity contribution in [1.82, 2.24) is 0 Å². The molecule has 2 aliphatic rings. The Balaban J connectivity index is 1.54. The number of benzene rings is 2. The lowest BCUT2D eigenvalue weighted by atomic mass is 9.69. The Hall–Kier alpha value is -3.11. The molecule has 6 atom stereocenters. The number of aliphatic hydroxyl groups is 1. The maximum absolute atomic E-state index is 13.0. The fourth-order valence-electron chi connectivity index (χ4n) is 6.81. The number of aliphatic hydroxyl groups excluding tert-OH is 1. The third-order valence-corrected chi connectivity index (χ3v) is 13.0. The van der Waals surface area contributed by atoms with Gasteiger partial charge in [-0.05, 0) is 61.8 Å². The van der Waals surface area contributed by atoms with Crippen molar-refractivity contribution >= 4 is 30.6 Å². The first-order valence-electron chi connectivity index (χ1n) is 13.4. The first-order valence-corrected chi connectivity index (χ1v) is 16.4. The van der Waals surface area contributed by atoms with Crippen LogP contribution in [0.3, 0.4) is 0 Å². The molecule has 0 heterocycles. The Bertz CT molecular complexity index is 1160. The minimum Gasteiger partial charge on any atom is -0.459 e. The first kappa shape index (κ1) is 27.9. The smallest absolute Gasteiger partial charge is 0.338 e. The zero-order valence-corrected chi connectivity index (χ0v) is 23.1. The fourth-order valence-corrected chi connectivity index (χ4v) is 10.7. The molecule has 0 amide bonds. The van der Waals surface area contributed by atoms with Gasteiger partial charge in [0.15, 0.2) is 0 Å². The normalized spacial score (nSPS) is 27.9. The maximum Gasteiger partial charge on any atom is 0.338 e. The van der Waals surface area contributed by atoms with Crippen LogP contribution in [0.15, 0.2) is 48.5 Å². The minimum atomic E-state index is -1.95. The molecule has 2 aliphatic carbocycles. The van der Waals surface area contributed by atoms with E-state index in [4.69, 9.17) is 4.74 Å². The number of rotatable bonds is 7. The van der Waals surface area contributed by atoms with Crippen molar-refractivity contribution in [1.29, 1.82) is 0 Å². The molecule has 204 valence electrons. The lowest BCUT2D eigenvalue weighted by Gasteiger charge is -2.50. The second-order valence-electron chi connectivity index (χ2n) is 11.6. The summed E-state index contributed by atoms with van der Waals surface area (Å²) in [5.41, 5.74) is -0.872. The van der Waals surface area contributed by atoms with Crippen LogP contribution in [0.1, 0.15) is 55.8 Å². The van der Waals surface area contributed by atoms with Crippen LogP contribution in [0.25, 0.3) is 0 Å². The van der Waals surface area contributed by atoms with Crippen LogP contribution in [-0.2, 0) is 4.74 Å². The molecule has 1 N–H and O–H groups in total. The van der Waals surface area contributed by atoms with Crippen LogP contribution in [0.5, 0.6) is 0 Å². The summed E-state index contributed by atoms with van der Waals surface area (Å²) in [6.07, 6.45) is 4.05. The number of carbonyl (C=O) groups excluding carboxylic acids is 1. The van der Waals surface area contributed by atoms with Gasteiger partial charge in [-0.3, -0.25) is 20.2 Å². The van der Waals surface area contributed by atoms with E-state index in [1.54, 1.807) is 0 Å². The highest BCUT2D eigenvalue weighted by Crippen LogP contribution is 2.50. The molecule has 10 heteroatoms. The summed E-state index contributed by atoms with van der Waals surface area (Å²) in [4.78, 5) is 33.9. The molecule has 2 fully saturated rings. The predicted molar refractivity (Wildman–Crippen MR) is 146 cm³/mol. The minimum absolute atomic E-state index is 0.105. The summed E-state index contributed by atoms with van der Waals surface area (Å²) in [7, 11) is -1.95. The van der Waals surface area contributed by atoms with E-state index in [9.17, 15) is 30.1 Å². The Kier molecular flexibility index (Phi) is 8.32. The topological polar surface area (TPSA) is 133 Å². The van der Waals surface area contributed by atoms with Gasteiger partial charge in [-0.1, -0.05) is 55.5 Å². The Morgan fingerprint density at radius 2 is 1.61 bits per heavy atom. The summed E-state index contributed by atoms with van der Waals surface area (Å²) in [5, 5.41) is 35.2. The molecule has 0 aliphatic heterocycles. The van der Waals surface area contributed by atoms with E-state index in [1.165, 1.54) is 5.19 Å². The largest absolute Gasteiger partial charge is 0.459 e. The highest BCUT2D eigenvalue weighted by atomic mass is 28.3. The number of hydrogen-bond donors (Lipinski definition) is 1. The number of non-ortho nitro benzene ring substituents is 2. The summed E-state index contributed by atoms with van der Waals surface area (Å²) < 4.78 is 5.78. The Morgan fingerprint density at radius 3 is 2.21 bits per heavy atom. The van der Waals surface area contributed by atoms with Gasteiger partial charge in [-0.15, -0.1) is 0 Å². The van der Waals surface area contributed by atoms with Gasteiger partial charge in [0.2, 0.25) is 0 Å². The molecule has 0 radical (unpaired) electrons. The van der Waals surface area contributed by atoms with Gasteiger partial charge < -0.3 is 9.84 Å². The molecule has 9 nitrogen and oxygen atoms in total. The second kappa shape index (κ2) is 11.3. The van der Waals surface area contributed by atoms with Crippen LogP contribution >= 0.6 is 0 Å². The van der Waals surface area contributed by atoms with Gasteiger partial charge in [0.05, 0.1) is 35.7 Å². The van der Waals surface area contributed by atoms with Crippen LogP contribution in [0.4, 0.5) is 11.4 Å². The molecule has 1 unspecified atom stereocenters. The molecular formula is C28H36N2O7Si. The number of carbonyl (C=O) groups is 1. The van der Waals surface area contributed by atoms with E-state index >= 15 is 0 Å². The quantitative estimate of drug-likeness (QED) is 0.209. The fraction of sp³-hybridized carbons (Fsp3) is 0.536. The van der Waals surface area contributed by atoms with Crippen molar-refractivity contribution in [3.63, 3.8) is 0 Å². The molecule has 2 saturated carbocycles. The lowest BCUT2D eigenvalue weighted by molar-refractivity contribution is -0.394. The number of nitrogens with zero attached hydrogens (tertiary/aromatic N) is 2. The number of nitro benzene ring substituents is 2. The third kappa shape index (κ3) is 5.96. The zero-order valence-electron chi connectivity index (χ0n) is 22.1. The number of ether oxygens (including phenoxy) is 1. The van der Waals surface area contributed by atoms with E-state index in [1.807, 2.05) is 6.07 Å². The van der Waals surface area contributed by atoms with Crippen molar-refractivity contribution in [3.8, 4) is 0 Å². The van der Waals surface area contributed by atoms with Gasteiger partial charge in [-0.25, -0.2) is 4.79 Å². The zero-order chi connectivity index (χ0) is 27.6. The highest BCUT2D eigenvalue weighted by molar-refractivity contribution is 6.91. The maximum atomic E-state index is 13.0. The SMILES string of the molecule is C[C@H]1CC(O)[C@H]([C@H]2CCC[C@@H](OC(=O)c3cc([N+](=O)[O-])cc([N+](=O)[O-])c3)C2)[C@H]([Si](C)(C)c2ccccc2)C1. The number of esters is 1. The Morgan fingerprint density at radius 1 is 0.974 bits per heavy atom. The van der Waals surface area contributed by atoms with Gasteiger partial charge >= 0.3 is 5.97 Å². The van der Waals surface area contributed by atoms with Gasteiger partial charge in [0, 0.05) is 12.1 Å². The van der Waals surface area contributed by atoms with Crippen LogP contribution in [0.2, 0.25) is 18.6 Å². The molecule has 0 bridgehead atoms. The molecular weight excluding hydrogens is 504 g/mol. The van der Waals surface area contributed by atoms with Crippen LogP contribution in [0, 0.1) is 38.0 Å².